The van der Waals surface area contributed by atoms with Gasteiger partial charge in [0.25, 0.3) is 0 Å². The molecular weight excluding hydrogens is 546 g/mol. The highest BCUT2D eigenvalue weighted by Gasteiger charge is 2.72. The van der Waals surface area contributed by atoms with Crippen LogP contribution < -0.4 is 9.47 Å². The lowest BCUT2D eigenvalue weighted by Crippen LogP contribution is -2.75. The second-order valence-electron chi connectivity index (χ2n) is 14.7. The molecule has 6 rings (SSSR count). The third kappa shape index (κ3) is 6.30. The first-order valence-corrected chi connectivity index (χ1v) is 18.3. The summed E-state index contributed by atoms with van der Waals surface area (Å²) in [5.74, 6) is 1.83. The van der Waals surface area contributed by atoms with Gasteiger partial charge in [-0.2, -0.15) is 0 Å². The number of unbranched alkanes of at least 4 members (excludes halogenated alkanes) is 11. The number of carbonyl (C=O) groups is 1. The number of likely N-dealkylation sites (tertiary alicyclic amines) is 1. The Bertz CT molecular complexity index is 1200. The Morgan fingerprint density at radius 1 is 1.02 bits per heavy atom. The zero-order valence-corrected chi connectivity index (χ0v) is 27.4. The Morgan fingerprint density at radius 3 is 2.45 bits per heavy atom. The van der Waals surface area contributed by atoms with Gasteiger partial charge in [-0.3, -0.25) is 9.69 Å². The first-order chi connectivity index (χ1) is 21.5. The minimum atomic E-state index is -0.837. The molecule has 1 aromatic carbocycles. The van der Waals surface area contributed by atoms with E-state index in [2.05, 4.69) is 36.6 Å². The quantitative estimate of drug-likeness (QED) is 0.0787. The molecule has 1 N–H and O–H groups in total. The number of ether oxygens (including phenoxy) is 2. The van der Waals surface area contributed by atoms with Crippen molar-refractivity contribution in [3.05, 3.63) is 47.6 Å². The van der Waals surface area contributed by atoms with Crippen molar-refractivity contribution in [2.24, 2.45) is 5.92 Å². The van der Waals surface area contributed by atoms with Gasteiger partial charge in [0.05, 0.1) is 11.0 Å². The predicted octanol–water partition coefficient (Wildman–Crippen LogP) is 8.75. The van der Waals surface area contributed by atoms with Crippen LogP contribution >= 0.6 is 0 Å². The van der Waals surface area contributed by atoms with E-state index < -0.39 is 11.0 Å². The Kier molecular flexibility index (Phi) is 10.2. The number of nitrogens with zero attached hydrogens (tertiary/aromatic N) is 1. The minimum Gasteiger partial charge on any atom is -0.481 e. The fourth-order valence-electron chi connectivity index (χ4n) is 8.98. The molecule has 0 radical (unpaired) electrons. The molecule has 1 aromatic rings. The molecule has 5 aliphatic rings. The number of hydrogen-bond donors (Lipinski definition) is 1. The van der Waals surface area contributed by atoms with Gasteiger partial charge >= 0.3 is 5.97 Å². The maximum absolute atomic E-state index is 13.0. The molecule has 2 bridgehead atoms. The van der Waals surface area contributed by atoms with Gasteiger partial charge < -0.3 is 14.6 Å². The lowest BCUT2D eigenvalue weighted by Gasteiger charge is -2.63. The van der Waals surface area contributed by atoms with Gasteiger partial charge in [-0.05, 0) is 100 Å². The molecule has 2 aliphatic heterocycles. The molecule has 0 amide bonds. The van der Waals surface area contributed by atoms with E-state index in [0.29, 0.717) is 17.9 Å². The molecule has 5 heteroatoms. The third-order valence-corrected chi connectivity index (χ3v) is 11.6. The van der Waals surface area contributed by atoms with E-state index >= 15 is 0 Å². The van der Waals surface area contributed by atoms with E-state index in [1.165, 1.54) is 82.6 Å². The highest BCUT2D eigenvalue weighted by Crippen LogP contribution is 2.66. The summed E-state index contributed by atoms with van der Waals surface area (Å²) in [6.07, 6.45) is 26.9. The van der Waals surface area contributed by atoms with Crippen molar-refractivity contribution < 1.29 is 19.4 Å². The van der Waals surface area contributed by atoms with Gasteiger partial charge in [-0.25, -0.2) is 0 Å². The molecule has 2 saturated carbocycles. The highest BCUT2D eigenvalue weighted by atomic mass is 16.6. The van der Waals surface area contributed by atoms with E-state index in [1.807, 2.05) is 6.07 Å². The van der Waals surface area contributed by atoms with Crippen LogP contribution in [0.25, 0.3) is 0 Å². The number of esters is 1. The molecule has 0 aromatic heterocycles. The Balaban J connectivity index is 0.975. The van der Waals surface area contributed by atoms with Crippen molar-refractivity contribution in [2.75, 3.05) is 13.1 Å². The summed E-state index contributed by atoms with van der Waals surface area (Å²) in [5, 5.41) is 12.5. The van der Waals surface area contributed by atoms with E-state index in [0.717, 1.165) is 75.1 Å². The molecule has 1 saturated heterocycles. The number of rotatable bonds is 18. The Hall–Kier alpha value is -2.11. The van der Waals surface area contributed by atoms with E-state index in [-0.39, 0.29) is 18.1 Å². The smallest absolute Gasteiger partial charge is 0.311 e. The summed E-state index contributed by atoms with van der Waals surface area (Å²) < 4.78 is 12.7. The van der Waals surface area contributed by atoms with Crippen molar-refractivity contribution >= 4 is 5.97 Å². The molecule has 3 aliphatic carbocycles. The van der Waals surface area contributed by atoms with E-state index in [4.69, 9.17) is 9.47 Å². The second kappa shape index (κ2) is 14.1. The van der Waals surface area contributed by atoms with Gasteiger partial charge in [-0.1, -0.05) is 83.1 Å². The zero-order valence-electron chi connectivity index (χ0n) is 27.4. The maximum atomic E-state index is 13.0. The van der Waals surface area contributed by atoms with Crippen molar-refractivity contribution in [3.8, 4) is 11.5 Å². The fraction of sp³-hybridized carbons (Fsp3) is 0.718. The molecule has 1 spiro atoms. The minimum absolute atomic E-state index is 0.115. The summed E-state index contributed by atoms with van der Waals surface area (Å²) >= 11 is 0. The molecule has 1 unspecified atom stereocenters. The van der Waals surface area contributed by atoms with Crippen molar-refractivity contribution in [1.29, 1.82) is 0 Å². The van der Waals surface area contributed by atoms with Gasteiger partial charge in [-0.15, -0.1) is 0 Å². The largest absolute Gasteiger partial charge is 0.481 e. The van der Waals surface area contributed by atoms with Gasteiger partial charge in [0.15, 0.2) is 11.5 Å². The second-order valence-corrected chi connectivity index (χ2v) is 14.7. The average Bonchev–Trinajstić information content (AvgIpc) is 3.76. The van der Waals surface area contributed by atoms with Gasteiger partial charge in [0.1, 0.15) is 6.10 Å². The number of allylic oxidation sites excluding steroid dienone is 2. The molecule has 242 valence electrons. The highest BCUT2D eigenvalue weighted by molar-refractivity contribution is 5.75. The zero-order chi connectivity index (χ0) is 30.6. The molecule has 3 fully saturated rings. The number of aliphatic hydroxyl groups is 1. The van der Waals surface area contributed by atoms with Crippen LogP contribution in [0.3, 0.4) is 0 Å². The van der Waals surface area contributed by atoms with Crippen LogP contribution in [0, 0.1) is 5.92 Å². The van der Waals surface area contributed by atoms with Crippen LogP contribution in [0.2, 0.25) is 0 Å². The number of carbonyl (C=O) groups excluding carboxylic acids is 1. The van der Waals surface area contributed by atoms with Crippen molar-refractivity contribution in [1.82, 2.24) is 4.90 Å². The molecule has 2 heterocycles. The topological polar surface area (TPSA) is 59.0 Å². The third-order valence-electron chi connectivity index (χ3n) is 11.6. The SMILES string of the molecule is C=C1CC[C@@]2(O)C3Cc4ccc(OC(=O)CCCCCCC/C=C/CCCCCCCC)c5c4[C@@]2(CCN3CC2CC2)[C@H]1O5. The number of piperidine rings is 1. The first kappa shape index (κ1) is 31.9. The van der Waals surface area contributed by atoms with Gasteiger partial charge in [0.2, 0.25) is 0 Å². The van der Waals surface area contributed by atoms with E-state index in [9.17, 15) is 9.90 Å². The number of benzene rings is 1. The lowest BCUT2D eigenvalue weighted by atomic mass is 9.48. The maximum Gasteiger partial charge on any atom is 0.311 e. The van der Waals surface area contributed by atoms with Crippen LogP contribution in [0.1, 0.15) is 140 Å². The summed E-state index contributed by atoms with van der Waals surface area (Å²) in [5.41, 5.74) is 2.11. The lowest BCUT2D eigenvalue weighted by molar-refractivity contribution is -0.174. The van der Waals surface area contributed by atoms with E-state index in [1.54, 1.807) is 0 Å². The number of hydrogen-bond acceptors (Lipinski definition) is 5. The normalized spacial score (nSPS) is 28.7. The van der Waals surface area contributed by atoms with Crippen LogP contribution in [-0.2, 0) is 16.6 Å². The van der Waals surface area contributed by atoms with Crippen LogP contribution in [-0.4, -0.2) is 46.8 Å². The summed E-state index contributed by atoms with van der Waals surface area (Å²) in [6, 6.07) is 4.19. The Labute approximate surface area is 266 Å². The molecule has 4 atom stereocenters. The molecule has 44 heavy (non-hydrogen) atoms. The average molecular weight is 604 g/mol. The first-order valence-electron chi connectivity index (χ1n) is 18.3. The predicted molar refractivity (Wildman–Crippen MR) is 177 cm³/mol. The Morgan fingerprint density at radius 2 is 1.73 bits per heavy atom. The standard InChI is InChI=1S/C39H57NO4/c1-3-4-5-6-7-8-9-10-11-12-13-14-15-16-17-18-34(41)43-32-22-21-31-27-33-39(42)24-23-29(2)37-38(39,35(31)36(32)44-37)25-26-40(33)28-30-19-20-30/h10-11,21-22,30,33,37,42H,2-9,12-20,23-28H2,1H3/b11-10+/t33?,37-,38-,39+/m0/s1. The van der Waals surface area contributed by atoms with Crippen LogP contribution in [0.4, 0.5) is 0 Å². The molecule has 5 nitrogen and oxygen atoms in total. The van der Waals surface area contributed by atoms with Crippen molar-refractivity contribution in [2.45, 2.75) is 159 Å². The van der Waals surface area contributed by atoms with Crippen molar-refractivity contribution in [3.63, 3.8) is 0 Å². The fourth-order valence-corrected chi connectivity index (χ4v) is 8.98. The van der Waals surface area contributed by atoms with Gasteiger partial charge in [0, 0.05) is 24.6 Å². The molecular formula is C39H57NO4. The summed E-state index contributed by atoms with van der Waals surface area (Å²) in [7, 11) is 0. The monoisotopic (exact) mass is 603 g/mol. The summed E-state index contributed by atoms with van der Waals surface area (Å²) in [6.45, 7) is 8.76. The van der Waals surface area contributed by atoms with Crippen LogP contribution in [0.15, 0.2) is 36.4 Å². The summed E-state index contributed by atoms with van der Waals surface area (Å²) in [4.78, 5) is 15.5. The van der Waals surface area contributed by atoms with Crippen LogP contribution in [0.5, 0.6) is 11.5 Å².